The lowest BCUT2D eigenvalue weighted by molar-refractivity contribution is -0.718. The first-order valence-electron chi connectivity index (χ1n) is 7.92. The van der Waals surface area contributed by atoms with Crippen LogP contribution in [0.2, 0.25) is 10.0 Å². The van der Waals surface area contributed by atoms with Crippen molar-refractivity contribution in [3.8, 4) is 0 Å². The Morgan fingerprint density at radius 1 is 1.22 bits per heavy atom. The number of benzene rings is 1. The van der Waals surface area contributed by atoms with E-state index < -0.39 is 0 Å². The maximum Gasteiger partial charge on any atom is 0.279 e. The van der Waals surface area contributed by atoms with E-state index in [0.717, 1.165) is 19.3 Å². The van der Waals surface area contributed by atoms with Crippen LogP contribution >= 0.6 is 23.2 Å². The molecule has 1 saturated heterocycles. The average molecular weight is 357 g/mol. The molecule has 1 saturated carbocycles. The summed E-state index contributed by atoms with van der Waals surface area (Å²) >= 11 is 11.8. The SMILES string of the molecule is O=C(C[C@@H]1[NH2+][C@H]2CCCC[C@@H]2NC1=O)Nc1cc(Cl)cc(Cl)c1. The number of fused-ring (bicyclic) bond motifs is 1. The van der Waals surface area contributed by atoms with Gasteiger partial charge in [-0.3, -0.25) is 9.59 Å². The van der Waals surface area contributed by atoms with Gasteiger partial charge in [0.1, 0.15) is 6.04 Å². The zero-order chi connectivity index (χ0) is 16.4. The molecule has 124 valence electrons. The van der Waals surface area contributed by atoms with E-state index >= 15 is 0 Å². The summed E-state index contributed by atoms with van der Waals surface area (Å²) in [6.45, 7) is 0. The topological polar surface area (TPSA) is 74.8 Å². The highest BCUT2D eigenvalue weighted by molar-refractivity contribution is 6.35. The lowest BCUT2D eigenvalue weighted by Gasteiger charge is -2.37. The van der Waals surface area contributed by atoms with Gasteiger partial charge < -0.3 is 16.0 Å². The molecule has 1 heterocycles. The van der Waals surface area contributed by atoms with Crippen LogP contribution in [0.25, 0.3) is 0 Å². The number of halogens is 2. The summed E-state index contributed by atoms with van der Waals surface area (Å²) in [6.07, 6.45) is 4.61. The lowest BCUT2D eigenvalue weighted by Crippen LogP contribution is -3.03. The van der Waals surface area contributed by atoms with Crippen molar-refractivity contribution in [2.75, 3.05) is 5.32 Å². The molecule has 2 fully saturated rings. The minimum absolute atomic E-state index is 0.0487. The van der Waals surface area contributed by atoms with Crippen LogP contribution in [0, 0.1) is 0 Å². The van der Waals surface area contributed by atoms with Crippen LogP contribution in [0.4, 0.5) is 5.69 Å². The number of nitrogens with one attached hydrogen (secondary N) is 2. The van der Waals surface area contributed by atoms with Crippen LogP contribution in [-0.2, 0) is 9.59 Å². The minimum atomic E-state index is -0.371. The second-order valence-corrected chi connectivity index (χ2v) is 7.15. The summed E-state index contributed by atoms with van der Waals surface area (Å²) in [5, 5.41) is 8.80. The summed E-state index contributed by atoms with van der Waals surface area (Å²) in [7, 11) is 0. The molecule has 1 aromatic rings. The first kappa shape index (κ1) is 16.6. The standard InChI is InChI=1S/C16H19Cl2N3O2/c17-9-5-10(18)7-11(6-9)19-15(22)8-14-16(23)21-13-4-2-1-3-12(13)20-14/h5-7,12-14,20H,1-4,8H2,(H,19,22)(H,21,23)/p+1/t12-,13-,14-/m0/s1. The lowest BCUT2D eigenvalue weighted by atomic mass is 9.87. The minimum Gasteiger partial charge on any atom is -0.342 e. The second kappa shape index (κ2) is 7.07. The van der Waals surface area contributed by atoms with Gasteiger partial charge in [0.2, 0.25) is 5.91 Å². The van der Waals surface area contributed by atoms with Crippen molar-refractivity contribution < 1.29 is 14.9 Å². The largest absolute Gasteiger partial charge is 0.342 e. The van der Waals surface area contributed by atoms with Gasteiger partial charge in [-0.05, 0) is 31.0 Å². The Bertz CT molecular complexity index is 603. The number of hydrogen-bond acceptors (Lipinski definition) is 2. The maximum atomic E-state index is 12.2. The molecule has 0 bridgehead atoms. The van der Waals surface area contributed by atoms with Gasteiger partial charge in [0.25, 0.3) is 5.91 Å². The Morgan fingerprint density at radius 2 is 1.91 bits per heavy atom. The molecule has 0 spiro atoms. The molecule has 1 aliphatic carbocycles. The number of rotatable bonds is 3. The number of nitrogens with two attached hydrogens (primary N) is 1. The number of anilines is 1. The fraction of sp³-hybridized carbons (Fsp3) is 0.500. The van der Waals surface area contributed by atoms with Crippen molar-refractivity contribution in [1.82, 2.24) is 5.32 Å². The van der Waals surface area contributed by atoms with Crippen molar-refractivity contribution in [2.24, 2.45) is 0 Å². The van der Waals surface area contributed by atoms with Gasteiger partial charge in [-0.25, -0.2) is 0 Å². The number of quaternary nitrogens is 1. The van der Waals surface area contributed by atoms with E-state index in [9.17, 15) is 9.59 Å². The highest BCUT2D eigenvalue weighted by Crippen LogP contribution is 2.23. The van der Waals surface area contributed by atoms with Gasteiger partial charge in [-0.2, -0.15) is 0 Å². The van der Waals surface area contributed by atoms with E-state index in [1.54, 1.807) is 18.2 Å². The second-order valence-electron chi connectivity index (χ2n) is 6.27. The number of hydrogen-bond donors (Lipinski definition) is 3. The molecule has 7 heteroatoms. The van der Waals surface area contributed by atoms with E-state index in [2.05, 4.69) is 16.0 Å². The molecule has 4 N–H and O–H groups in total. The van der Waals surface area contributed by atoms with E-state index in [0.29, 0.717) is 21.8 Å². The van der Waals surface area contributed by atoms with Crippen molar-refractivity contribution in [3.05, 3.63) is 28.2 Å². The third-order valence-electron chi connectivity index (χ3n) is 4.51. The number of amides is 2. The molecule has 0 aromatic heterocycles. The van der Waals surface area contributed by atoms with Gasteiger partial charge in [0, 0.05) is 22.2 Å². The Labute approximate surface area is 145 Å². The summed E-state index contributed by atoms with van der Waals surface area (Å²) < 4.78 is 0. The normalized spacial score (nSPS) is 27.0. The van der Waals surface area contributed by atoms with E-state index in [4.69, 9.17) is 23.2 Å². The Hall–Kier alpha value is -1.30. The smallest absolute Gasteiger partial charge is 0.279 e. The molecular formula is C16H20Cl2N3O2+. The van der Waals surface area contributed by atoms with E-state index in [1.807, 2.05) is 0 Å². The van der Waals surface area contributed by atoms with Gasteiger partial charge >= 0.3 is 0 Å². The van der Waals surface area contributed by atoms with E-state index in [1.165, 1.54) is 6.42 Å². The van der Waals surface area contributed by atoms with Gasteiger partial charge in [-0.1, -0.05) is 29.6 Å². The average Bonchev–Trinajstić information content (AvgIpc) is 2.46. The molecule has 1 aromatic carbocycles. The summed E-state index contributed by atoms with van der Waals surface area (Å²) in [4.78, 5) is 24.4. The van der Waals surface area contributed by atoms with Crippen LogP contribution in [0.15, 0.2) is 18.2 Å². The number of piperazine rings is 1. The number of carbonyl (C=O) groups is 2. The number of carbonyl (C=O) groups excluding carboxylic acids is 2. The maximum absolute atomic E-state index is 12.2. The monoisotopic (exact) mass is 356 g/mol. The molecule has 5 nitrogen and oxygen atoms in total. The van der Waals surface area contributed by atoms with Crippen LogP contribution in [0.3, 0.4) is 0 Å². The van der Waals surface area contributed by atoms with Crippen LogP contribution in [0.1, 0.15) is 32.1 Å². The molecule has 2 amide bonds. The van der Waals surface area contributed by atoms with Crippen molar-refractivity contribution in [2.45, 2.75) is 50.2 Å². The zero-order valence-electron chi connectivity index (χ0n) is 12.6. The van der Waals surface area contributed by atoms with Gasteiger partial charge in [0.05, 0.1) is 12.5 Å². The third kappa shape index (κ3) is 4.16. The molecule has 0 unspecified atom stereocenters. The molecule has 2 aliphatic rings. The van der Waals surface area contributed by atoms with Crippen LogP contribution in [-0.4, -0.2) is 29.9 Å². The Balaban J connectivity index is 1.59. The van der Waals surface area contributed by atoms with Gasteiger partial charge in [-0.15, -0.1) is 0 Å². The Kier molecular flexibility index (Phi) is 5.09. The zero-order valence-corrected chi connectivity index (χ0v) is 14.2. The van der Waals surface area contributed by atoms with Crippen LogP contribution in [0.5, 0.6) is 0 Å². The molecule has 3 atom stereocenters. The predicted octanol–water partition coefficient (Wildman–Crippen LogP) is 1.69. The Morgan fingerprint density at radius 3 is 2.65 bits per heavy atom. The summed E-state index contributed by atoms with van der Waals surface area (Å²) in [6, 6.07) is 5.14. The molecule has 0 radical (unpaired) electrons. The highest BCUT2D eigenvalue weighted by Gasteiger charge is 2.40. The summed E-state index contributed by atoms with van der Waals surface area (Å²) in [5.74, 6) is -0.263. The highest BCUT2D eigenvalue weighted by atomic mass is 35.5. The summed E-state index contributed by atoms with van der Waals surface area (Å²) in [5.41, 5.74) is 0.541. The van der Waals surface area contributed by atoms with E-state index in [-0.39, 0.29) is 30.3 Å². The first-order chi connectivity index (χ1) is 11.0. The molecule has 3 rings (SSSR count). The van der Waals surface area contributed by atoms with Crippen molar-refractivity contribution in [1.29, 1.82) is 0 Å². The predicted molar refractivity (Wildman–Crippen MR) is 89.6 cm³/mol. The molecule has 1 aliphatic heterocycles. The third-order valence-corrected chi connectivity index (χ3v) is 4.95. The van der Waals surface area contributed by atoms with Crippen molar-refractivity contribution in [3.63, 3.8) is 0 Å². The van der Waals surface area contributed by atoms with Gasteiger partial charge in [0.15, 0.2) is 6.04 Å². The fourth-order valence-corrected chi connectivity index (χ4v) is 3.97. The van der Waals surface area contributed by atoms with Crippen molar-refractivity contribution >= 4 is 40.7 Å². The molecular weight excluding hydrogens is 337 g/mol. The van der Waals surface area contributed by atoms with Crippen LogP contribution < -0.4 is 16.0 Å². The quantitative estimate of drug-likeness (QED) is 0.770. The fourth-order valence-electron chi connectivity index (χ4n) is 3.44. The first-order valence-corrected chi connectivity index (χ1v) is 8.68. The molecule has 23 heavy (non-hydrogen) atoms.